The van der Waals surface area contributed by atoms with Crippen molar-refractivity contribution in [1.82, 2.24) is 0 Å². The summed E-state index contributed by atoms with van der Waals surface area (Å²) < 4.78 is 17.8. The van der Waals surface area contributed by atoms with Crippen LogP contribution in [-0.2, 0) is 9.53 Å². The Bertz CT molecular complexity index is 448. The highest BCUT2D eigenvalue weighted by molar-refractivity contribution is 5.75. The number of rotatable bonds is 3. The van der Waals surface area contributed by atoms with Gasteiger partial charge in [0.25, 0.3) is 0 Å². The molecule has 1 aromatic carbocycles. The lowest BCUT2D eigenvalue weighted by Crippen LogP contribution is -2.19. The molecule has 96 valence electrons. The maximum Gasteiger partial charge on any atom is 0.309 e. The van der Waals surface area contributed by atoms with Crippen molar-refractivity contribution in [2.24, 2.45) is 5.92 Å². The lowest BCUT2D eigenvalue weighted by atomic mass is 9.86. The van der Waals surface area contributed by atoms with E-state index in [0.717, 1.165) is 18.4 Å². The number of esters is 1. The molecule has 0 unspecified atom stereocenters. The molecular weight excluding hydrogens is 231 g/mol. The minimum absolute atomic E-state index is 0.0193. The third-order valence-corrected chi connectivity index (χ3v) is 3.25. The van der Waals surface area contributed by atoms with E-state index in [0.29, 0.717) is 13.0 Å². The van der Waals surface area contributed by atoms with Crippen molar-refractivity contribution in [1.29, 1.82) is 0 Å². The van der Waals surface area contributed by atoms with E-state index in [1.165, 1.54) is 17.7 Å². The molecule has 0 saturated heterocycles. The first-order valence-corrected chi connectivity index (χ1v) is 6.32. The van der Waals surface area contributed by atoms with Crippen molar-refractivity contribution in [3.63, 3.8) is 0 Å². The second-order valence-electron chi connectivity index (χ2n) is 4.46. The summed E-state index contributed by atoms with van der Waals surface area (Å²) in [5.41, 5.74) is 2.23. The van der Waals surface area contributed by atoms with Gasteiger partial charge in [-0.05, 0) is 49.5 Å². The number of carbonyl (C=O) groups excluding carboxylic acids is 1. The molecule has 0 heterocycles. The predicted molar refractivity (Wildman–Crippen MR) is 68.4 cm³/mol. The Balaban J connectivity index is 2.02. The summed E-state index contributed by atoms with van der Waals surface area (Å²) in [4.78, 5) is 11.6. The molecule has 3 heteroatoms. The van der Waals surface area contributed by atoms with E-state index >= 15 is 0 Å². The van der Waals surface area contributed by atoms with Gasteiger partial charge >= 0.3 is 5.97 Å². The van der Waals surface area contributed by atoms with Crippen LogP contribution in [0, 0.1) is 11.7 Å². The Labute approximate surface area is 106 Å². The Morgan fingerprint density at radius 2 is 2.11 bits per heavy atom. The quantitative estimate of drug-likeness (QED) is 0.764. The van der Waals surface area contributed by atoms with Crippen molar-refractivity contribution >= 4 is 11.5 Å². The number of ether oxygens (including phenoxy) is 1. The molecule has 1 aliphatic rings. The molecule has 2 rings (SSSR count). The molecule has 2 nitrogen and oxygen atoms in total. The van der Waals surface area contributed by atoms with Crippen LogP contribution in [0.15, 0.2) is 30.3 Å². The van der Waals surface area contributed by atoms with Gasteiger partial charge in [-0.15, -0.1) is 0 Å². The summed E-state index contributed by atoms with van der Waals surface area (Å²) in [6.45, 7) is 2.25. The molecular formula is C15H17FO2. The highest BCUT2D eigenvalue weighted by Gasteiger charge is 2.22. The molecule has 1 atom stereocenters. The third-order valence-electron chi connectivity index (χ3n) is 3.25. The zero-order chi connectivity index (χ0) is 13.0. The molecule has 0 N–H and O–H groups in total. The fourth-order valence-electron chi connectivity index (χ4n) is 2.23. The fraction of sp³-hybridized carbons (Fsp3) is 0.400. The molecule has 18 heavy (non-hydrogen) atoms. The molecule has 0 saturated carbocycles. The zero-order valence-corrected chi connectivity index (χ0v) is 10.5. The zero-order valence-electron chi connectivity index (χ0n) is 10.5. The van der Waals surface area contributed by atoms with Gasteiger partial charge < -0.3 is 4.74 Å². The van der Waals surface area contributed by atoms with Crippen LogP contribution in [-0.4, -0.2) is 12.6 Å². The van der Waals surface area contributed by atoms with Gasteiger partial charge in [0.15, 0.2) is 0 Å². The van der Waals surface area contributed by atoms with Crippen LogP contribution in [0.1, 0.15) is 31.7 Å². The predicted octanol–water partition coefficient (Wildman–Crippen LogP) is 3.57. The molecule has 0 spiro atoms. The Hall–Kier alpha value is -1.64. The smallest absolute Gasteiger partial charge is 0.309 e. The summed E-state index contributed by atoms with van der Waals surface area (Å²) in [5.74, 6) is -0.347. The molecule has 0 amide bonds. The number of carbonyl (C=O) groups is 1. The Morgan fingerprint density at radius 1 is 1.39 bits per heavy atom. The second kappa shape index (κ2) is 5.80. The number of halogens is 1. The van der Waals surface area contributed by atoms with Crippen LogP contribution in [0.25, 0.3) is 5.57 Å². The van der Waals surface area contributed by atoms with E-state index in [1.54, 1.807) is 12.1 Å². The lowest BCUT2D eigenvalue weighted by molar-refractivity contribution is -0.148. The molecule has 0 bridgehead atoms. The van der Waals surface area contributed by atoms with Crippen molar-refractivity contribution in [2.75, 3.05) is 6.61 Å². The van der Waals surface area contributed by atoms with Crippen LogP contribution in [0.5, 0.6) is 0 Å². The van der Waals surface area contributed by atoms with Gasteiger partial charge in [-0.1, -0.05) is 18.2 Å². The largest absolute Gasteiger partial charge is 0.466 e. The maximum absolute atomic E-state index is 12.8. The molecule has 0 aromatic heterocycles. The van der Waals surface area contributed by atoms with Crippen molar-refractivity contribution in [3.8, 4) is 0 Å². The average molecular weight is 248 g/mol. The lowest BCUT2D eigenvalue weighted by Gasteiger charge is -2.20. The fourth-order valence-corrected chi connectivity index (χ4v) is 2.23. The Kier molecular flexibility index (Phi) is 4.13. The van der Waals surface area contributed by atoms with Gasteiger partial charge in [-0.25, -0.2) is 4.39 Å². The first-order chi connectivity index (χ1) is 8.70. The molecule has 0 fully saturated rings. The normalized spacial score (nSPS) is 19.2. The summed E-state index contributed by atoms with van der Waals surface area (Å²) >= 11 is 0. The maximum atomic E-state index is 12.8. The van der Waals surface area contributed by atoms with Gasteiger partial charge in [-0.3, -0.25) is 4.79 Å². The SMILES string of the molecule is CCOC(=O)[C@@H]1CC=C(c2ccc(F)cc2)CC1. The molecule has 1 aromatic rings. The summed E-state index contributed by atoms with van der Waals surface area (Å²) in [6.07, 6.45) is 4.43. The Morgan fingerprint density at radius 3 is 2.67 bits per heavy atom. The van der Waals surface area contributed by atoms with Gasteiger partial charge in [-0.2, -0.15) is 0 Å². The number of allylic oxidation sites excluding steroid dienone is 2. The van der Waals surface area contributed by atoms with Crippen LogP contribution in [0.2, 0.25) is 0 Å². The standard InChI is InChI=1S/C15H17FO2/c1-2-18-15(17)13-5-3-11(4-6-13)12-7-9-14(16)10-8-12/h3,7-10,13H,2,4-6H2,1H3/t13-/m1/s1. The molecule has 1 aliphatic carbocycles. The first-order valence-electron chi connectivity index (χ1n) is 6.32. The van der Waals surface area contributed by atoms with E-state index in [1.807, 2.05) is 6.92 Å². The van der Waals surface area contributed by atoms with E-state index in [4.69, 9.17) is 4.74 Å². The minimum atomic E-state index is -0.223. The molecule has 0 aliphatic heterocycles. The van der Waals surface area contributed by atoms with Crippen LogP contribution < -0.4 is 0 Å². The number of benzene rings is 1. The van der Waals surface area contributed by atoms with Crippen LogP contribution >= 0.6 is 0 Å². The number of hydrogen-bond acceptors (Lipinski definition) is 2. The van der Waals surface area contributed by atoms with Crippen molar-refractivity contribution in [2.45, 2.75) is 26.2 Å². The van der Waals surface area contributed by atoms with Gasteiger partial charge in [0.1, 0.15) is 5.82 Å². The highest BCUT2D eigenvalue weighted by atomic mass is 19.1. The molecule has 0 radical (unpaired) electrons. The average Bonchev–Trinajstić information content (AvgIpc) is 2.40. The topological polar surface area (TPSA) is 26.3 Å². The van der Waals surface area contributed by atoms with Crippen molar-refractivity contribution < 1.29 is 13.9 Å². The summed E-state index contributed by atoms with van der Waals surface area (Å²) in [5, 5.41) is 0. The van der Waals surface area contributed by atoms with E-state index < -0.39 is 0 Å². The van der Waals surface area contributed by atoms with Crippen LogP contribution in [0.3, 0.4) is 0 Å². The van der Waals surface area contributed by atoms with E-state index in [9.17, 15) is 9.18 Å². The minimum Gasteiger partial charge on any atom is -0.466 e. The third kappa shape index (κ3) is 2.97. The van der Waals surface area contributed by atoms with Crippen molar-refractivity contribution in [3.05, 3.63) is 41.7 Å². The van der Waals surface area contributed by atoms with Gasteiger partial charge in [0.05, 0.1) is 12.5 Å². The van der Waals surface area contributed by atoms with Crippen LogP contribution in [0.4, 0.5) is 4.39 Å². The van der Waals surface area contributed by atoms with E-state index in [2.05, 4.69) is 6.08 Å². The summed E-state index contributed by atoms with van der Waals surface area (Å²) in [6, 6.07) is 6.50. The summed E-state index contributed by atoms with van der Waals surface area (Å²) in [7, 11) is 0. The van der Waals surface area contributed by atoms with Gasteiger partial charge in [0.2, 0.25) is 0 Å². The second-order valence-corrected chi connectivity index (χ2v) is 4.46. The van der Waals surface area contributed by atoms with E-state index in [-0.39, 0.29) is 17.7 Å². The monoisotopic (exact) mass is 248 g/mol. The first kappa shape index (κ1) is 12.8. The van der Waals surface area contributed by atoms with Gasteiger partial charge in [0, 0.05) is 0 Å². The highest BCUT2D eigenvalue weighted by Crippen LogP contribution is 2.30. The number of hydrogen-bond donors (Lipinski definition) is 0.